The number of aliphatic hydroxyl groups is 1. The number of morpholine rings is 1. The van der Waals surface area contributed by atoms with E-state index in [1.807, 2.05) is 0 Å². The summed E-state index contributed by atoms with van der Waals surface area (Å²) >= 11 is 12.6. The zero-order chi connectivity index (χ0) is 24.2. The Labute approximate surface area is 208 Å². The summed E-state index contributed by atoms with van der Waals surface area (Å²) in [4.78, 5) is 30.0. The molecule has 0 aromatic heterocycles. The number of halogens is 2. The van der Waals surface area contributed by atoms with E-state index in [9.17, 15) is 14.7 Å². The van der Waals surface area contributed by atoms with Gasteiger partial charge < -0.3 is 19.5 Å². The third kappa shape index (κ3) is 5.08. The van der Waals surface area contributed by atoms with Crippen LogP contribution in [0.15, 0.2) is 48.0 Å². The summed E-state index contributed by atoms with van der Waals surface area (Å²) in [5, 5.41) is 11.9. The lowest BCUT2D eigenvalue weighted by atomic mass is 9.95. The second kappa shape index (κ2) is 10.8. The van der Waals surface area contributed by atoms with Crippen LogP contribution in [0.5, 0.6) is 5.75 Å². The molecule has 1 N–H and O–H groups in total. The molecule has 9 heteroatoms. The summed E-state index contributed by atoms with van der Waals surface area (Å²) in [6, 6.07) is 10.7. The van der Waals surface area contributed by atoms with Crippen LogP contribution in [0, 0.1) is 0 Å². The van der Waals surface area contributed by atoms with Crippen molar-refractivity contribution in [2.45, 2.75) is 12.5 Å². The summed E-state index contributed by atoms with van der Waals surface area (Å²) in [7, 11) is 1.54. The van der Waals surface area contributed by atoms with Crippen LogP contribution in [0.2, 0.25) is 10.0 Å². The quantitative estimate of drug-likeness (QED) is 0.346. The van der Waals surface area contributed by atoms with E-state index < -0.39 is 17.7 Å². The van der Waals surface area contributed by atoms with E-state index in [0.717, 1.165) is 19.6 Å². The smallest absolute Gasteiger partial charge is 0.295 e. The highest BCUT2D eigenvalue weighted by atomic mass is 35.5. The second-order valence-corrected chi connectivity index (χ2v) is 9.04. The number of likely N-dealkylation sites (tertiary alicyclic amines) is 1. The number of rotatable bonds is 7. The van der Waals surface area contributed by atoms with Gasteiger partial charge in [0.05, 0.1) is 31.9 Å². The minimum atomic E-state index is -0.823. The van der Waals surface area contributed by atoms with Gasteiger partial charge in [0.25, 0.3) is 11.7 Å². The van der Waals surface area contributed by atoms with Gasteiger partial charge in [-0.1, -0.05) is 29.3 Å². The maximum Gasteiger partial charge on any atom is 0.295 e. The molecule has 34 heavy (non-hydrogen) atoms. The van der Waals surface area contributed by atoms with Gasteiger partial charge in [-0.05, 0) is 48.4 Å². The number of nitrogens with zero attached hydrogens (tertiary/aromatic N) is 2. The third-order valence-electron chi connectivity index (χ3n) is 6.14. The summed E-state index contributed by atoms with van der Waals surface area (Å²) < 4.78 is 10.6. The predicted octanol–water partition coefficient (Wildman–Crippen LogP) is 4.15. The molecule has 2 aliphatic rings. The molecular weight excluding hydrogens is 479 g/mol. The normalized spacial score (nSPS) is 20.7. The molecule has 1 amide bonds. The highest BCUT2D eigenvalue weighted by Crippen LogP contribution is 2.42. The van der Waals surface area contributed by atoms with Gasteiger partial charge in [0.15, 0.2) is 0 Å². The standard InChI is InChI=1S/C25H26Cl2N2O5/c1-33-18-6-3-16(4-7-18)23(30)21-22(19-8-5-17(26)15-20(19)27)29(25(32)24(21)31)10-2-9-28-11-13-34-14-12-28/h3-8,15,22,30H,2,9-14H2,1H3/t22-/m0/s1. The van der Waals surface area contributed by atoms with Gasteiger partial charge >= 0.3 is 0 Å². The van der Waals surface area contributed by atoms with Gasteiger partial charge in [-0.3, -0.25) is 14.5 Å². The van der Waals surface area contributed by atoms with Crippen molar-refractivity contribution in [1.29, 1.82) is 0 Å². The summed E-state index contributed by atoms with van der Waals surface area (Å²) in [5.41, 5.74) is 0.944. The van der Waals surface area contributed by atoms with Crippen molar-refractivity contribution in [3.05, 3.63) is 69.2 Å². The van der Waals surface area contributed by atoms with Crippen LogP contribution in [0.4, 0.5) is 0 Å². The summed E-state index contributed by atoms with van der Waals surface area (Å²) in [6.45, 7) is 4.15. The number of hydrogen-bond donors (Lipinski definition) is 1. The number of carbonyl (C=O) groups is 2. The van der Waals surface area contributed by atoms with E-state index in [2.05, 4.69) is 4.90 Å². The lowest BCUT2D eigenvalue weighted by Gasteiger charge is -2.29. The molecule has 0 bridgehead atoms. The van der Waals surface area contributed by atoms with Crippen LogP contribution < -0.4 is 4.74 Å². The topological polar surface area (TPSA) is 79.3 Å². The lowest BCUT2D eigenvalue weighted by molar-refractivity contribution is -0.140. The monoisotopic (exact) mass is 504 g/mol. The highest BCUT2D eigenvalue weighted by molar-refractivity contribution is 6.47. The van der Waals surface area contributed by atoms with Crippen LogP contribution in [-0.2, 0) is 14.3 Å². The van der Waals surface area contributed by atoms with Crippen LogP contribution in [-0.4, -0.2) is 73.1 Å². The molecule has 2 aromatic carbocycles. The molecule has 2 aliphatic heterocycles. The fourth-order valence-corrected chi connectivity index (χ4v) is 4.86. The van der Waals surface area contributed by atoms with Gasteiger partial charge in [-0.25, -0.2) is 0 Å². The average Bonchev–Trinajstić information content (AvgIpc) is 3.09. The SMILES string of the molecule is COc1ccc(C(O)=C2C(=O)C(=O)N(CCCN3CCOCC3)[C@H]2c2ccc(Cl)cc2Cl)cc1. The predicted molar refractivity (Wildman–Crippen MR) is 130 cm³/mol. The maximum atomic E-state index is 13.2. The third-order valence-corrected chi connectivity index (χ3v) is 6.70. The Hall–Kier alpha value is -2.58. The Kier molecular flexibility index (Phi) is 7.78. The van der Waals surface area contributed by atoms with E-state index in [-0.39, 0.29) is 11.3 Å². The number of aliphatic hydroxyl groups excluding tert-OH is 1. The first-order chi connectivity index (χ1) is 16.4. The Bertz CT molecular complexity index is 1100. The molecule has 2 heterocycles. The highest BCUT2D eigenvalue weighted by Gasteiger charge is 2.46. The molecule has 0 spiro atoms. The second-order valence-electron chi connectivity index (χ2n) is 8.19. The molecule has 0 aliphatic carbocycles. The number of Topliss-reactive ketones (excluding diaryl/α,β-unsaturated/α-hetero) is 1. The van der Waals surface area contributed by atoms with Crippen molar-refractivity contribution in [1.82, 2.24) is 9.80 Å². The van der Waals surface area contributed by atoms with E-state index in [1.54, 1.807) is 49.6 Å². The Balaban J connectivity index is 1.70. The van der Waals surface area contributed by atoms with Crippen molar-refractivity contribution in [3.63, 3.8) is 0 Å². The van der Waals surface area contributed by atoms with E-state index >= 15 is 0 Å². The lowest BCUT2D eigenvalue weighted by Crippen LogP contribution is -2.39. The zero-order valence-corrected chi connectivity index (χ0v) is 20.3. The van der Waals surface area contributed by atoms with Gasteiger partial charge in [-0.15, -0.1) is 0 Å². The minimum Gasteiger partial charge on any atom is -0.507 e. The molecule has 2 aromatic rings. The number of benzene rings is 2. The van der Waals surface area contributed by atoms with E-state index in [0.29, 0.717) is 53.1 Å². The van der Waals surface area contributed by atoms with Gasteiger partial charge in [0.2, 0.25) is 0 Å². The molecule has 0 saturated carbocycles. The molecular formula is C25H26Cl2N2O5. The van der Waals surface area contributed by atoms with Gasteiger partial charge in [0.1, 0.15) is 11.5 Å². The first-order valence-corrected chi connectivity index (χ1v) is 11.8. The van der Waals surface area contributed by atoms with Crippen LogP contribution >= 0.6 is 23.2 Å². The fourth-order valence-electron chi connectivity index (χ4n) is 4.35. The molecule has 1 atom stereocenters. The Morgan fingerprint density at radius 2 is 1.79 bits per heavy atom. The average molecular weight is 505 g/mol. The summed E-state index contributed by atoms with van der Waals surface area (Å²) in [5.74, 6) is -1.05. The number of ketones is 1. The number of methoxy groups -OCH3 is 1. The zero-order valence-electron chi connectivity index (χ0n) is 18.8. The number of amides is 1. The van der Waals surface area contributed by atoms with Gasteiger partial charge in [0, 0.05) is 41.8 Å². The van der Waals surface area contributed by atoms with Crippen molar-refractivity contribution in [2.24, 2.45) is 0 Å². The molecule has 7 nitrogen and oxygen atoms in total. The molecule has 2 saturated heterocycles. The Morgan fingerprint density at radius 1 is 1.09 bits per heavy atom. The molecule has 0 radical (unpaired) electrons. The van der Waals surface area contributed by atoms with Crippen molar-refractivity contribution < 1.29 is 24.2 Å². The largest absolute Gasteiger partial charge is 0.507 e. The molecule has 2 fully saturated rings. The molecule has 4 rings (SSSR count). The van der Waals surface area contributed by atoms with Gasteiger partial charge in [-0.2, -0.15) is 0 Å². The minimum absolute atomic E-state index is 0.00533. The van der Waals surface area contributed by atoms with Crippen LogP contribution in [0.1, 0.15) is 23.6 Å². The maximum absolute atomic E-state index is 13.2. The van der Waals surface area contributed by atoms with Crippen molar-refractivity contribution in [2.75, 3.05) is 46.5 Å². The van der Waals surface area contributed by atoms with Crippen molar-refractivity contribution >= 4 is 40.7 Å². The fraction of sp³-hybridized carbons (Fsp3) is 0.360. The first kappa shape index (κ1) is 24.5. The van der Waals surface area contributed by atoms with E-state index in [4.69, 9.17) is 32.7 Å². The van der Waals surface area contributed by atoms with Crippen molar-refractivity contribution in [3.8, 4) is 5.75 Å². The summed E-state index contributed by atoms with van der Waals surface area (Å²) in [6.07, 6.45) is 0.664. The Morgan fingerprint density at radius 3 is 2.44 bits per heavy atom. The molecule has 180 valence electrons. The number of carbonyl (C=O) groups excluding carboxylic acids is 2. The van der Waals surface area contributed by atoms with Crippen LogP contribution in [0.3, 0.4) is 0 Å². The molecule has 0 unspecified atom stereocenters. The first-order valence-electron chi connectivity index (χ1n) is 11.1. The van der Waals surface area contributed by atoms with E-state index in [1.165, 1.54) is 4.90 Å². The number of ether oxygens (including phenoxy) is 2. The van der Waals surface area contributed by atoms with Crippen LogP contribution in [0.25, 0.3) is 5.76 Å². The number of hydrogen-bond acceptors (Lipinski definition) is 6.